The van der Waals surface area contributed by atoms with E-state index in [0.29, 0.717) is 19.0 Å². The molecule has 0 bridgehead atoms. The Bertz CT molecular complexity index is 844. The van der Waals surface area contributed by atoms with E-state index in [1.165, 1.54) is 30.5 Å². The van der Waals surface area contributed by atoms with Gasteiger partial charge in [-0.2, -0.15) is 0 Å². The highest BCUT2D eigenvalue weighted by molar-refractivity contribution is 14.0. The number of guanidine groups is 1. The minimum Gasteiger partial charge on any atom is -0.505 e. The van der Waals surface area contributed by atoms with Crippen molar-refractivity contribution in [3.05, 3.63) is 59.4 Å². The zero-order chi connectivity index (χ0) is 20.6. The number of phenols is 1. The molecule has 30 heavy (non-hydrogen) atoms. The van der Waals surface area contributed by atoms with Gasteiger partial charge in [0.15, 0.2) is 17.5 Å². The van der Waals surface area contributed by atoms with Gasteiger partial charge in [0.1, 0.15) is 5.75 Å². The van der Waals surface area contributed by atoms with Crippen molar-refractivity contribution >= 4 is 29.9 Å². The van der Waals surface area contributed by atoms with Crippen molar-refractivity contribution in [1.82, 2.24) is 15.5 Å². The summed E-state index contributed by atoms with van der Waals surface area (Å²) in [5, 5.41) is 15.9. The number of ether oxygens (including phenoxy) is 1. The lowest BCUT2D eigenvalue weighted by Crippen LogP contribution is -2.42. The number of nitrogens with zero attached hydrogens (tertiary/aromatic N) is 2. The SMILES string of the molecule is CN=C(NCc1ccc(O)c(F)c1)NCC(c1cccc(OC)c1)N1CCCC1.I. The van der Waals surface area contributed by atoms with Crippen LogP contribution in [0.4, 0.5) is 4.39 Å². The van der Waals surface area contributed by atoms with E-state index in [9.17, 15) is 9.50 Å². The van der Waals surface area contributed by atoms with Gasteiger partial charge in [-0.15, -0.1) is 24.0 Å². The minimum atomic E-state index is -0.626. The summed E-state index contributed by atoms with van der Waals surface area (Å²) < 4.78 is 18.9. The molecular weight excluding hydrogens is 498 g/mol. The molecule has 0 spiro atoms. The smallest absolute Gasteiger partial charge is 0.191 e. The number of nitrogens with one attached hydrogen (secondary N) is 2. The van der Waals surface area contributed by atoms with E-state index in [0.717, 1.165) is 24.4 Å². The number of methoxy groups -OCH3 is 1. The third kappa shape index (κ3) is 6.46. The number of aromatic hydroxyl groups is 1. The van der Waals surface area contributed by atoms with Crippen molar-refractivity contribution in [1.29, 1.82) is 0 Å². The monoisotopic (exact) mass is 528 g/mol. The topological polar surface area (TPSA) is 69.1 Å². The Morgan fingerprint density at radius 1 is 1.20 bits per heavy atom. The van der Waals surface area contributed by atoms with Crippen LogP contribution in [0.5, 0.6) is 11.5 Å². The van der Waals surface area contributed by atoms with E-state index in [1.54, 1.807) is 20.2 Å². The molecule has 1 aliphatic heterocycles. The fourth-order valence-electron chi connectivity index (χ4n) is 3.62. The van der Waals surface area contributed by atoms with Crippen LogP contribution in [-0.4, -0.2) is 49.8 Å². The average molecular weight is 528 g/mol. The maximum Gasteiger partial charge on any atom is 0.191 e. The van der Waals surface area contributed by atoms with Gasteiger partial charge in [0.25, 0.3) is 0 Å². The van der Waals surface area contributed by atoms with E-state index in [-0.39, 0.29) is 35.8 Å². The Morgan fingerprint density at radius 3 is 2.63 bits per heavy atom. The summed E-state index contributed by atoms with van der Waals surface area (Å²) >= 11 is 0. The zero-order valence-electron chi connectivity index (χ0n) is 17.4. The number of phenolic OH excluding ortho intramolecular Hbond substituents is 1. The van der Waals surface area contributed by atoms with Crippen LogP contribution in [0.25, 0.3) is 0 Å². The first-order valence-corrected chi connectivity index (χ1v) is 9.90. The van der Waals surface area contributed by atoms with Crippen LogP contribution in [0.2, 0.25) is 0 Å². The summed E-state index contributed by atoms with van der Waals surface area (Å²) in [6, 6.07) is 12.7. The third-order valence-corrected chi connectivity index (χ3v) is 5.22. The molecule has 0 radical (unpaired) electrons. The third-order valence-electron chi connectivity index (χ3n) is 5.22. The van der Waals surface area contributed by atoms with E-state index in [4.69, 9.17) is 4.74 Å². The fraction of sp³-hybridized carbons (Fsp3) is 0.409. The Hall–Kier alpha value is -2.07. The van der Waals surface area contributed by atoms with Gasteiger partial charge in [-0.05, 0) is 61.3 Å². The number of hydrogen-bond acceptors (Lipinski definition) is 4. The molecule has 1 fully saturated rings. The summed E-state index contributed by atoms with van der Waals surface area (Å²) in [6.07, 6.45) is 2.42. The first kappa shape index (κ1) is 24.2. The van der Waals surface area contributed by atoms with Crippen LogP contribution in [0.1, 0.15) is 30.0 Å². The van der Waals surface area contributed by atoms with Crippen molar-refractivity contribution in [2.24, 2.45) is 4.99 Å². The normalized spacial score (nSPS) is 15.4. The highest BCUT2D eigenvalue weighted by Crippen LogP contribution is 2.27. The molecule has 3 N–H and O–H groups in total. The molecule has 164 valence electrons. The van der Waals surface area contributed by atoms with Gasteiger partial charge >= 0.3 is 0 Å². The second kappa shape index (κ2) is 11.9. The van der Waals surface area contributed by atoms with Crippen LogP contribution in [-0.2, 0) is 6.54 Å². The first-order chi connectivity index (χ1) is 14.1. The van der Waals surface area contributed by atoms with Crippen molar-refractivity contribution in [2.45, 2.75) is 25.4 Å². The van der Waals surface area contributed by atoms with E-state index in [2.05, 4.69) is 32.7 Å². The largest absolute Gasteiger partial charge is 0.505 e. The van der Waals surface area contributed by atoms with Crippen molar-refractivity contribution < 1.29 is 14.2 Å². The lowest BCUT2D eigenvalue weighted by Gasteiger charge is -2.29. The molecule has 2 aromatic carbocycles. The van der Waals surface area contributed by atoms with E-state index >= 15 is 0 Å². The summed E-state index contributed by atoms with van der Waals surface area (Å²) in [4.78, 5) is 6.75. The number of halogens is 2. The molecule has 0 saturated carbocycles. The second-order valence-electron chi connectivity index (χ2n) is 7.13. The highest BCUT2D eigenvalue weighted by Gasteiger charge is 2.24. The Balaban J connectivity index is 0.00000320. The molecule has 6 nitrogen and oxygen atoms in total. The summed E-state index contributed by atoms with van der Waals surface area (Å²) in [6.45, 7) is 3.24. The van der Waals surface area contributed by atoms with Crippen LogP contribution in [0.3, 0.4) is 0 Å². The van der Waals surface area contributed by atoms with Crippen LogP contribution in [0.15, 0.2) is 47.5 Å². The number of hydrogen-bond donors (Lipinski definition) is 3. The lowest BCUT2D eigenvalue weighted by molar-refractivity contribution is 0.245. The van der Waals surface area contributed by atoms with E-state index < -0.39 is 5.82 Å². The zero-order valence-corrected chi connectivity index (χ0v) is 19.7. The number of benzene rings is 2. The molecule has 3 rings (SSSR count). The van der Waals surface area contributed by atoms with Crippen LogP contribution >= 0.6 is 24.0 Å². The standard InChI is InChI=1S/C22H29FN4O2.HI/c1-24-22(25-14-16-8-9-21(28)19(23)12-16)26-15-20(27-10-3-4-11-27)17-6-5-7-18(13-17)29-2;/h5-9,12-13,20,28H,3-4,10-11,14-15H2,1-2H3,(H2,24,25,26);1H. The van der Waals surface area contributed by atoms with Gasteiger partial charge in [0.2, 0.25) is 0 Å². The maximum absolute atomic E-state index is 13.5. The van der Waals surface area contributed by atoms with Gasteiger partial charge in [-0.3, -0.25) is 9.89 Å². The molecule has 0 aliphatic carbocycles. The number of aliphatic imine (C=N–C) groups is 1. The summed E-state index contributed by atoms with van der Waals surface area (Å²) in [7, 11) is 3.39. The summed E-state index contributed by atoms with van der Waals surface area (Å²) in [5.41, 5.74) is 1.93. The number of rotatable bonds is 7. The van der Waals surface area contributed by atoms with Gasteiger partial charge in [-0.1, -0.05) is 18.2 Å². The predicted molar refractivity (Wildman–Crippen MR) is 128 cm³/mol. The molecule has 2 aromatic rings. The van der Waals surface area contributed by atoms with Crippen molar-refractivity contribution in [3.8, 4) is 11.5 Å². The molecule has 1 saturated heterocycles. The number of likely N-dealkylation sites (tertiary alicyclic amines) is 1. The quantitative estimate of drug-likeness (QED) is 0.291. The molecular formula is C22H30FIN4O2. The molecule has 0 amide bonds. The fourth-order valence-corrected chi connectivity index (χ4v) is 3.62. The predicted octanol–water partition coefficient (Wildman–Crippen LogP) is 3.66. The minimum absolute atomic E-state index is 0. The van der Waals surface area contributed by atoms with Gasteiger partial charge < -0.3 is 20.5 Å². The molecule has 1 heterocycles. The lowest BCUT2D eigenvalue weighted by atomic mass is 10.1. The van der Waals surface area contributed by atoms with Gasteiger partial charge in [0, 0.05) is 20.1 Å². The van der Waals surface area contributed by atoms with Gasteiger partial charge in [-0.25, -0.2) is 4.39 Å². The van der Waals surface area contributed by atoms with Gasteiger partial charge in [0.05, 0.1) is 13.2 Å². The Labute approximate surface area is 194 Å². The van der Waals surface area contributed by atoms with E-state index in [1.807, 2.05) is 12.1 Å². The Morgan fingerprint density at radius 2 is 1.97 bits per heavy atom. The maximum atomic E-state index is 13.5. The summed E-state index contributed by atoms with van der Waals surface area (Å²) in [5.74, 6) is 0.525. The molecule has 1 aliphatic rings. The van der Waals surface area contributed by atoms with Crippen LogP contribution < -0.4 is 15.4 Å². The molecule has 8 heteroatoms. The first-order valence-electron chi connectivity index (χ1n) is 9.90. The highest BCUT2D eigenvalue weighted by atomic mass is 127. The van der Waals surface area contributed by atoms with Crippen molar-refractivity contribution in [2.75, 3.05) is 33.8 Å². The molecule has 0 aromatic heterocycles. The molecule has 1 unspecified atom stereocenters. The molecule has 1 atom stereocenters. The Kier molecular flexibility index (Phi) is 9.64. The van der Waals surface area contributed by atoms with Crippen molar-refractivity contribution in [3.63, 3.8) is 0 Å². The second-order valence-corrected chi connectivity index (χ2v) is 7.13. The average Bonchev–Trinajstić information content (AvgIpc) is 3.27. The van der Waals surface area contributed by atoms with Crippen LogP contribution in [0, 0.1) is 5.82 Å².